The van der Waals surface area contributed by atoms with Crippen LogP contribution in [0.4, 0.5) is 0 Å². The molecular weight excluding hydrogens is 295 g/mol. The lowest BCUT2D eigenvalue weighted by atomic mass is 10.3. The highest BCUT2D eigenvalue weighted by Crippen LogP contribution is 2.30. The van der Waals surface area contributed by atoms with Crippen LogP contribution in [0.5, 0.6) is 0 Å². The summed E-state index contributed by atoms with van der Waals surface area (Å²) in [5.74, 6) is 0. The van der Waals surface area contributed by atoms with E-state index in [-0.39, 0.29) is 0 Å². The van der Waals surface area contributed by atoms with Crippen molar-refractivity contribution in [2.75, 3.05) is 6.54 Å². The Kier molecular flexibility index (Phi) is 4.45. The lowest BCUT2D eigenvalue weighted by molar-refractivity contribution is 0.705. The summed E-state index contributed by atoms with van der Waals surface area (Å²) in [6, 6.07) is 3.25. The third-order valence-electron chi connectivity index (χ3n) is 2.33. The molecule has 4 nitrogen and oxygen atoms in total. The summed E-state index contributed by atoms with van der Waals surface area (Å²) in [6.07, 6.45) is 1.80. The Bertz CT molecular complexity index is 553. The van der Waals surface area contributed by atoms with Gasteiger partial charge < -0.3 is 5.32 Å². The van der Waals surface area contributed by atoms with E-state index in [0.29, 0.717) is 27.3 Å². The average molecular weight is 306 g/mol. The van der Waals surface area contributed by atoms with E-state index in [1.807, 2.05) is 6.92 Å². The fraction of sp³-hybridized carbons (Fsp3) is 0.273. The second kappa shape index (κ2) is 5.89. The third kappa shape index (κ3) is 2.95. The Morgan fingerprint density at radius 2 is 1.89 bits per heavy atom. The Balaban J connectivity index is 2.31. The van der Waals surface area contributed by atoms with Crippen LogP contribution in [-0.2, 0) is 6.54 Å². The molecule has 0 bridgehead atoms. The van der Waals surface area contributed by atoms with Crippen LogP contribution in [0.25, 0.3) is 5.69 Å². The number of halogens is 3. The second-order valence-electron chi connectivity index (χ2n) is 3.65. The number of hydrogen-bond acceptors (Lipinski definition) is 3. The van der Waals surface area contributed by atoms with E-state index in [1.54, 1.807) is 23.0 Å². The maximum absolute atomic E-state index is 6.10. The molecule has 0 fully saturated rings. The zero-order valence-electron chi connectivity index (χ0n) is 9.62. The normalized spacial score (nSPS) is 10.9. The van der Waals surface area contributed by atoms with E-state index in [2.05, 4.69) is 15.6 Å². The van der Waals surface area contributed by atoms with Gasteiger partial charge in [-0.1, -0.05) is 46.9 Å². The van der Waals surface area contributed by atoms with Crippen LogP contribution in [-0.4, -0.2) is 21.5 Å². The van der Waals surface area contributed by atoms with E-state index < -0.39 is 0 Å². The maximum Gasteiger partial charge on any atom is 0.0969 e. The monoisotopic (exact) mass is 304 g/mol. The fourth-order valence-electron chi connectivity index (χ4n) is 1.44. The quantitative estimate of drug-likeness (QED) is 0.881. The summed E-state index contributed by atoms with van der Waals surface area (Å²) in [6.45, 7) is 3.57. The molecule has 0 amide bonds. The number of nitrogens with zero attached hydrogens (tertiary/aromatic N) is 3. The molecule has 1 aromatic heterocycles. The van der Waals surface area contributed by atoms with Crippen LogP contribution < -0.4 is 5.32 Å². The van der Waals surface area contributed by atoms with E-state index >= 15 is 0 Å². The topological polar surface area (TPSA) is 42.7 Å². The number of rotatable bonds is 4. The van der Waals surface area contributed by atoms with Crippen LogP contribution in [0.15, 0.2) is 18.3 Å². The zero-order chi connectivity index (χ0) is 13.1. The van der Waals surface area contributed by atoms with Crippen molar-refractivity contribution >= 4 is 34.8 Å². The highest BCUT2D eigenvalue weighted by Gasteiger charge is 2.10. The molecule has 1 heterocycles. The summed E-state index contributed by atoms with van der Waals surface area (Å²) in [7, 11) is 0. The summed E-state index contributed by atoms with van der Waals surface area (Å²) < 4.78 is 1.58. The van der Waals surface area contributed by atoms with Gasteiger partial charge in [-0.25, -0.2) is 4.68 Å². The lowest BCUT2D eigenvalue weighted by Gasteiger charge is -2.05. The van der Waals surface area contributed by atoms with Crippen LogP contribution in [0.3, 0.4) is 0 Å². The first-order valence-electron chi connectivity index (χ1n) is 5.38. The van der Waals surface area contributed by atoms with Crippen LogP contribution in [0.1, 0.15) is 12.6 Å². The smallest absolute Gasteiger partial charge is 0.0969 e. The Labute approximate surface area is 120 Å². The van der Waals surface area contributed by atoms with E-state index in [4.69, 9.17) is 34.8 Å². The van der Waals surface area contributed by atoms with Gasteiger partial charge in [-0.3, -0.25) is 0 Å². The summed E-state index contributed by atoms with van der Waals surface area (Å²) >= 11 is 17.9. The molecule has 0 saturated carbocycles. The Morgan fingerprint density at radius 1 is 1.17 bits per heavy atom. The SMILES string of the molecule is CCNCc1cn(-c2cc(Cl)c(Cl)cc2Cl)nn1. The molecule has 0 aliphatic heterocycles. The minimum absolute atomic E-state index is 0.415. The van der Waals surface area contributed by atoms with Gasteiger partial charge in [0.1, 0.15) is 0 Å². The fourth-order valence-corrected chi connectivity index (χ4v) is 2.07. The molecule has 18 heavy (non-hydrogen) atoms. The van der Waals surface area contributed by atoms with E-state index in [9.17, 15) is 0 Å². The second-order valence-corrected chi connectivity index (χ2v) is 4.87. The van der Waals surface area contributed by atoms with Crippen molar-refractivity contribution in [1.29, 1.82) is 0 Å². The van der Waals surface area contributed by atoms with Crippen molar-refractivity contribution in [3.05, 3.63) is 39.1 Å². The van der Waals surface area contributed by atoms with Gasteiger partial charge in [0.15, 0.2) is 0 Å². The van der Waals surface area contributed by atoms with Gasteiger partial charge in [-0.2, -0.15) is 0 Å². The van der Waals surface area contributed by atoms with Gasteiger partial charge in [0.05, 0.1) is 32.6 Å². The lowest BCUT2D eigenvalue weighted by Crippen LogP contribution is -2.11. The third-order valence-corrected chi connectivity index (χ3v) is 3.36. The summed E-state index contributed by atoms with van der Waals surface area (Å²) in [4.78, 5) is 0. The molecule has 1 aromatic carbocycles. The minimum atomic E-state index is 0.415. The molecule has 1 N–H and O–H groups in total. The molecule has 7 heteroatoms. The van der Waals surface area contributed by atoms with Gasteiger partial charge in [-0.15, -0.1) is 5.10 Å². The highest BCUT2D eigenvalue weighted by molar-refractivity contribution is 6.43. The first-order chi connectivity index (χ1) is 8.61. The zero-order valence-corrected chi connectivity index (χ0v) is 11.9. The number of aromatic nitrogens is 3. The van der Waals surface area contributed by atoms with Crippen LogP contribution >= 0.6 is 34.8 Å². The van der Waals surface area contributed by atoms with Crippen molar-refractivity contribution in [3.63, 3.8) is 0 Å². The van der Waals surface area contributed by atoms with Crippen LogP contribution in [0, 0.1) is 0 Å². The molecule has 0 atom stereocenters. The van der Waals surface area contributed by atoms with Gasteiger partial charge in [0.25, 0.3) is 0 Å². The largest absolute Gasteiger partial charge is 0.311 e. The molecule has 2 rings (SSSR count). The van der Waals surface area contributed by atoms with Gasteiger partial charge in [0, 0.05) is 6.54 Å². The molecule has 96 valence electrons. The highest BCUT2D eigenvalue weighted by atomic mass is 35.5. The maximum atomic E-state index is 6.10. The van der Waals surface area contributed by atoms with Crippen molar-refractivity contribution in [2.45, 2.75) is 13.5 Å². The first-order valence-corrected chi connectivity index (χ1v) is 6.52. The van der Waals surface area contributed by atoms with Gasteiger partial charge in [0.2, 0.25) is 0 Å². The summed E-state index contributed by atoms with van der Waals surface area (Å²) in [5, 5.41) is 12.5. The molecule has 0 aliphatic carbocycles. The van der Waals surface area contributed by atoms with E-state index in [1.165, 1.54) is 0 Å². The molecular formula is C11H11Cl3N4. The van der Waals surface area contributed by atoms with Crippen molar-refractivity contribution in [1.82, 2.24) is 20.3 Å². The van der Waals surface area contributed by atoms with Gasteiger partial charge >= 0.3 is 0 Å². The molecule has 0 spiro atoms. The molecule has 0 aliphatic rings. The van der Waals surface area contributed by atoms with Crippen LogP contribution in [0.2, 0.25) is 15.1 Å². The molecule has 0 saturated heterocycles. The predicted molar refractivity (Wildman–Crippen MR) is 73.8 cm³/mol. The summed E-state index contributed by atoms with van der Waals surface area (Å²) in [5.41, 5.74) is 1.49. The number of hydrogen-bond donors (Lipinski definition) is 1. The Hall–Kier alpha value is -0.810. The number of nitrogens with one attached hydrogen (secondary N) is 1. The minimum Gasteiger partial charge on any atom is -0.311 e. The van der Waals surface area contributed by atoms with Crippen molar-refractivity contribution in [3.8, 4) is 5.69 Å². The average Bonchev–Trinajstić information content (AvgIpc) is 2.79. The molecule has 0 unspecified atom stereocenters. The molecule has 0 radical (unpaired) electrons. The van der Waals surface area contributed by atoms with Crippen molar-refractivity contribution in [2.24, 2.45) is 0 Å². The number of benzene rings is 1. The predicted octanol–water partition coefficient (Wildman–Crippen LogP) is 3.34. The van der Waals surface area contributed by atoms with Gasteiger partial charge in [-0.05, 0) is 18.7 Å². The molecule has 2 aromatic rings. The van der Waals surface area contributed by atoms with E-state index in [0.717, 1.165) is 12.2 Å². The van der Waals surface area contributed by atoms with Crippen molar-refractivity contribution < 1.29 is 0 Å². The first kappa shape index (κ1) is 13.6. The Morgan fingerprint density at radius 3 is 2.61 bits per heavy atom. The standard InChI is InChI=1S/C11H11Cl3N4/c1-2-15-5-7-6-18(17-16-7)11-4-9(13)8(12)3-10(11)14/h3-4,6,15H,2,5H2,1H3.